The van der Waals surface area contributed by atoms with Crippen LogP contribution in [0.5, 0.6) is 0 Å². The Labute approximate surface area is 289 Å². The van der Waals surface area contributed by atoms with Crippen molar-refractivity contribution in [2.45, 2.75) is 200 Å². The molecule has 0 aliphatic carbocycles. The number of benzene rings is 1. The molecule has 0 heterocycles. The first-order valence-corrected chi connectivity index (χ1v) is 19.8. The molecule has 0 saturated carbocycles. The Balaban J connectivity index is 2.29. The van der Waals surface area contributed by atoms with E-state index in [2.05, 4.69) is 24.5 Å². The third-order valence-electron chi connectivity index (χ3n) is 9.10. The average molecular weight is 657 g/mol. The van der Waals surface area contributed by atoms with E-state index in [4.69, 9.17) is 4.74 Å². The number of esters is 1. The Hall–Kier alpha value is -2.37. The van der Waals surface area contributed by atoms with Gasteiger partial charge < -0.3 is 15.4 Å². The van der Waals surface area contributed by atoms with Gasteiger partial charge in [-0.2, -0.15) is 0 Å². The molecule has 1 aromatic carbocycles. The van der Waals surface area contributed by atoms with Crippen LogP contribution in [0.15, 0.2) is 30.3 Å². The van der Waals surface area contributed by atoms with E-state index in [9.17, 15) is 14.4 Å². The van der Waals surface area contributed by atoms with E-state index in [-0.39, 0.29) is 24.8 Å². The summed E-state index contributed by atoms with van der Waals surface area (Å²) in [6.07, 6.45) is 31.6. The summed E-state index contributed by atoms with van der Waals surface area (Å²) in [6.45, 7) is 5.23. The molecule has 2 amide bonds. The number of ether oxygens (including phenoxy) is 1. The van der Waals surface area contributed by atoms with E-state index >= 15 is 0 Å². The third kappa shape index (κ3) is 27.3. The van der Waals surface area contributed by atoms with E-state index in [1.54, 1.807) is 0 Å². The largest absolute Gasteiger partial charge is 0.461 e. The first-order valence-electron chi connectivity index (χ1n) is 19.8. The van der Waals surface area contributed by atoms with Crippen molar-refractivity contribution >= 4 is 17.8 Å². The lowest BCUT2D eigenvalue weighted by molar-refractivity contribution is -0.147. The molecule has 2 N–H and O–H groups in total. The number of nitrogens with one attached hydrogen (secondary N) is 2. The van der Waals surface area contributed by atoms with Crippen molar-refractivity contribution in [1.82, 2.24) is 10.6 Å². The number of rotatable bonds is 33. The van der Waals surface area contributed by atoms with E-state index in [0.29, 0.717) is 13.0 Å². The molecule has 0 saturated heterocycles. The van der Waals surface area contributed by atoms with Crippen LogP contribution in [0, 0.1) is 0 Å². The first kappa shape index (κ1) is 42.7. The number of unbranched alkanes of at least 4 members (excludes halogenated alkanes) is 23. The summed E-state index contributed by atoms with van der Waals surface area (Å²) in [5, 5.41) is 5.79. The number of carbonyl (C=O) groups is 3. The molecule has 1 unspecified atom stereocenters. The Bertz CT molecular complexity index is 875. The van der Waals surface area contributed by atoms with Gasteiger partial charge in [0.25, 0.3) is 0 Å². The molecule has 0 bridgehead atoms. The maximum Gasteiger partial charge on any atom is 0.308 e. The molecule has 0 aliphatic rings. The predicted molar refractivity (Wildman–Crippen MR) is 197 cm³/mol. The van der Waals surface area contributed by atoms with Gasteiger partial charge in [-0.1, -0.05) is 192 Å². The Morgan fingerprint density at radius 2 is 1.00 bits per heavy atom. The molecule has 47 heavy (non-hydrogen) atoms. The van der Waals surface area contributed by atoms with Crippen LogP contribution in [-0.4, -0.2) is 30.4 Å². The summed E-state index contributed by atoms with van der Waals surface area (Å²) in [6, 6.07) is 8.57. The van der Waals surface area contributed by atoms with Crippen LogP contribution >= 0.6 is 0 Å². The molecule has 0 fully saturated rings. The molecule has 1 rings (SSSR count). The van der Waals surface area contributed by atoms with Crippen LogP contribution in [0.4, 0.5) is 0 Å². The summed E-state index contributed by atoms with van der Waals surface area (Å²) in [5.41, 5.74) is 0.889. The van der Waals surface area contributed by atoms with Crippen molar-refractivity contribution in [3.8, 4) is 0 Å². The second kappa shape index (κ2) is 32.2. The first-order chi connectivity index (χ1) is 23.1. The van der Waals surface area contributed by atoms with Gasteiger partial charge in [0.05, 0.1) is 6.42 Å². The van der Waals surface area contributed by atoms with Gasteiger partial charge in [-0.3, -0.25) is 14.4 Å². The normalized spacial score (nSPS) is 11.7. The van der Waals surface area contributed by atoms with E-state index in [0.717, 1.165) is 37.7 Å². The van der Waals surface area contributed by atoms with Crippen molar-refractivity contribution in [3.05, 3.63) is 35.9 Å². The maximum atomic E-state index is 13.0. The molecule has 1 aromatic rings. The van der Waals surface area contributed by atoms with Crippen molar-refractivity contribution in [1.29, 1.82) is 0 Å². The summed E-state index contributed by atoms with van der Waals surface area (Å²) < 4.78 is 5.42. The highest BCUT2D eigenvalue weighted by atomic mass is 16.5. The van der Waals surface area contributed by atoms with Crippen molar-refractivity contribution in [2.24, 2.45) is 0 Å². The fourth-order valence-corrected chi connectivity index (χ4v) is 6.04. The van der Waals surface area contributed by atoms with Gasteiger partial charge in [0.2, 0.25) is 11.8 Å². The predicted octanol–water partition coefficient (Wildman–Crippen LogP) is 10.9. The number of hydrogen-bond acceptors (Lipinski definition) is 4. The smallest absolute Gasteiger partial charge is 0.308 e. The molecule has 0 aromatic heterocycles. The van der Waals surface area contributed by atoms with Gasteiger partial charge in [0.15, 0.2) is 0 Å². The summed E-state index contributed by atoms with van der Waals surface area (Å²) in [5.74, 6) is -0.960. The minimum atomic E-state index is -0.912. The highest BCUT2D eigenvalue weighted by Crippen LogP contribution is 2.14. The van der Waals surface area contributed by atoms with E-state index in [1.807, 2.05) is 30.3 Å². The summed E-state index contributed by atoms with van der Waals surface area (Å²) in [4.78, 5) is 38.4. The van der Waals surface area contributed by atoms with Crippen molar-refractivity contribution in [2.75, 3.05) is 6.54 Å². The minimum absolute atomic E-state index is 0.153. The molecule has 6 heteroatoms. The van der Waals surface area contributed by atoms with Gasteiger partial charge in [-0.25, -0.2) is 0 Å². The number of carbonyl (C=O) groups excluding carboxylic acids is 3. The topological polar surface area (TPSA) is 84.5 Å². The lowest BCUT2D eigenvalue weighted by Crippen LogP contribution is -2.48. The zero-order valence-corrected chi connectivity index (χ0v) is 30.6. The zero-order chi connectivity index (χ0) is 34.0. The zero-order valence-electron chi connectivity index (χ0n) is 30.6. The fourth-order valence-electron chi connectivity index (χ4n) is 6.04. The molecule has 0 aliphatic heterocycles. The summed E-state index contributed by atoms with van der Waals surface area (Å²) >= 11 is 0. The van der Waals surface area contributed by atoms with E-state index < -0.39 is 12.0 Å². The second-order valence-electron chi connectivity index (χ2n) is 13.6. The lowest BCUT2D eigenvalue weighted by atomic mass is 10.0. The monoisotopic (exact) mass is 657 g/mol. The maximum absolute atomic E-state index is 13.0. The van der Waals surface area contributed by atoms with Crippen LogP contribution in [0.2, 0.25) is 0 Å². The molecule has 6 nitrogen and oxygen atoms in total. The molecule has 0 radical (unpaired) electrons. The SMILES string of the molecule is CCCCCCCCCCCCCCCC(=O)NC(CC(=O)OCc1ccccc1)C(=O)NCCCCCCCCCCCCCC. The van der Waals surface area contributed by atoms with Crippen LogP contribution in [0.1, 0.15) is 193 Å². The number of hydrogen-bond donors (Lipinski definition) is 2. The molecule has 270 valence electrons. The van der Waals surface area contributed by atoms with Crippen LogP contribution in [0.3, 0.4) is 0 Å². The van der Waals surface area contributed by atoms with Crippen LogP contribution in [-0.2, 0) is 25.7 Å². The van der Waals surface area contributed by atoms with Gasteiger partial charge >= 0.3 is 5.97 Å². The van der Waals surface area contributed by atoms with Gasteiger partial charge in [0, 0.05) is 13.0 Å². The van der Waals surface area contributed by atoms with Crippen LogP contribution < -0.4 is 10.6 Å². The molecule has 0 spiro atoms. The van der Waals surface area contributed by atoms with Gasteiger partial charge in [-0.05, 0) is 18.4 Å². The second-order valence-corrected chi connectivity index (χ2v) is 13.6. The van der Waals surface area contributed by atoms with Crippen LogP contribution in [0.25, 0.3) is 0 Å². The van der Waals surface area contributed by atoms with Gasteiger partial charge in [-0.15, -0.1) is 0 Å². The number of amides is 2. The molecular formula is C41H72N2O4. The molecule has 1 atom stereocenters. The molecular weight excluding hydrogens is 584 g/mol. The standard InChI is InChI=1S/C41H72N2O4/c1-3-5-7-9-11-13-15-17-18-20-22-24-29-33-39(44)43-38(35-40(45)47-36-37-31-27-26-28-32-37)41(46)42-34-30-25-23-21-19-16-14-12-10-8-6-4-2/h26-28,31-32,38H,3-25,29-30,33-36H2,1-2H3,(H,42,46)(H,43,44). The van der Waals surface area contributed by atoms with E-state index in [1.165, 1.54) is 128 Å². The highest BCUT2D eigenvalue weighted by molar-refractivity contribution is 5.90. The van der Waals surface area contributed by atoms with Crippen molar-refractivity contribution < 1.29 is 19.1 Å². The van der Waals surface area contributed by atoms with Gasteiger partial charge in [0.1, 0.15) is 12.6 Å². The highest BCUT2D eigenvalue weighted by Gasteiger charge is 2.24. The Kier molecular flexibility index (Phi) is 29.2. The Morgan fingerprint density at radius 3 is 1.47 bits per heavy atom. The minimum Gasteiger partial charge on any atom is -0.461 e. The third-order valence-corrected chi connectivity index (χ3v) is 9.10. The quantitative estimate of drug-likeness (QED) is 0.0582. The fraction of sp³-hybridized carbons (Fsp3) is 0.780. The lowest BCUT2D eigenvalue weighted by Gasteiger charge is -2.18. The summed E-state index contributed by atoms with van der Waals surface area (Å²) in [7, 11) is 0. The Morgan fingerprint density at radius 1 is 0.574 bits per heavy atom. The van der Waals surface area contributed by atoms with Crippen molar-refractivity contribution in [3.63, 3.8) is 0 Å². The average Bonchev–Trinajstić information content (AvgIpc) is 3.08.